The van der Waals surface area contributed by atoms with Crippen LogP contribution in [-0.4, -0.2) is 36.2 Å². The van der Waals surface area contributed by atoms with E-state index >= 15 is 0 Å². The van der Waals surface area contributed by atoms with Crippen molar-refractivity contribution in [3.05, 3.63) is 68.7 Å². The molecule has 1 amide bonds. The van der Waals surface area contributed by atoms with Crippen LogP contribution in [0.4, 0.5) is 10.1 Å². The van der Waals surface area contributed by atoms with Gasteiger partial charge in [0.2, 0.25) is 0 Å². The standard InChI is InChI=1S/C24H21FIN3O4S/c25-15-5-1-12(2-6-15)11-29-21-14-4-3-13(9-14)19(21)22(30)20(24(29)31)23-27-17-8-7-16(26)10-18(17)34(32,33)28-23/h1-2,5-8,10,13-14,19,21,30H,3-4,9,11H2,(H,27,28)/t13-,14+,19?,21?/m0/s1. The van der Waals surface area contributed by atoms with Crippen molar-refractivity contribution in [3.63, 3.8) is 0 Å². The number of aliphatic hydroxyl groups excluding tert-OH is 1. The summed E-state index contributed by atoms with van der Waals surface area (Å²) in [5.41, 5.74) is 0.991. The molecule has 2 fully saturated rings. The van der Waals surface area contributed by atoms with Gasteiger partial charge in [-0.15, -0.1) is 4.40 Å². The molecule has 0 spiro atoms. The molecule has 2 unspecified atom stereocenters. The lowest BCUT2D eigenvalue weighted by atomic mass is 9.77. The van der Waals surface area contributed by atoms with Crippen LogP contribution in [0.2, 0.25) is 0 Å². The molecule has 2 N–H and O–H groups in total. The molecule has 2 aromatic rings. The summed E-state index contributed by atoms with van der Waals surface area (Å²) < 4.78 is 44.0. The second-order valence-electron chi connectivity index (χ2n) is 9.35. The van der Waals surface area contributed by atoms with Crippen molar-refractivity contribution < 1.29 is 22.7 Å². The summed E-state index contributed by atoms with van der Waals surface area (Å²) in [4.78, 5) is 15.6. The first-order chi connectivity index (χ1) is 16.2. The highest BCUT2D eigenvalue weighted by molar-refractivity contribution is 14.1. The quantitative estimate of drug-likeness (QED) is 0.520. The highest BCUT2D eigenvalue weighted by Gasteiger charge is 2.57. The summed E-state index contributed by atoms with van der Waals surface area (Å²) >= 11 is 2.03. The first-order valence-corrected chi connectivity index (χ1v) is 13.7. The molecular weight excluding hydrogens is 572 g/mol. The Bertz CT molecular complexity index is 1390. The van der Waals surface area contributed by atoms with Crippen LogP contribution in [0.25, 0.3) is 0 Å². The third-order valence-electron chi connectivity index (χ3n) is 7.47. The third-order valence-corrected chi connectivity index (χ3v) is 9.46. The number of amidine groups is 1. The Morgan fingerprint density at radius 3 is 2.65 bits per heavy atom. The van der Waals surface area contributed by atoms with Crippen LogP contribution in [0, 0.1) is 27.1 Å². The number of hydrogen-bond donors (Lipinski definition) is 2. The number of hydrogen-bond acceptors (Lipinski definition) is 5. The number of sulfonamides is 1. The zero-order valence-corrected chi connectivity index (χ0v) is 20.9. The molecule has 2 saturated carbocycles. The molecule has 7 nitrogen and oxygen atoms in total. The molecule has 6 rings (SSSR count). The number of fused-ring (bicyclic) bond motifs is 6. The maximum Gasteiger partial charge on any atom is 0.286 e. The first kappa shape index (κ1) is 22.0. The fourth-order valence-corrected chi connectivity index (χ4v) is 7.93. The highest BCUT2D eigenvalue weighted by Crippen LogP contribution is 2.55. The number of benzene rings is 2. The molecule has 34 heavy (non-hydrogen) atoms. The number of anilines is 1. The van der Waals surface area contributed by atoms with Crippen LogP contribution in [0.1, 0.15) is 24.8 Å². The zero-order chi connectivity index (χ0) is 23.8. The number of amides is 1. The van der Waals surface area contributed by atoms with Gasteiger partial charge in [0.05, 0.1) is 5.69 Å². The van der Waals surface area contributed by atoms with Crippen molar-refractivity contribution in [1.82, 2.24) is 4.90 Å². The Hall–Kier alpha value is -2.47. The zero-order valence-electron chi connectivity index (χ0n) is 17.9. The van der Waals surface area contributed by atoms with Gasteiger partial charge >= 0.3 is 0 Å². The fraction of sp³-hybridized carbons (Fsp3) is 0.333. The lowest BCUT2D eigenvalue weighted by Crippen LogP contribution is -2.53. The summed E-state index contributed by atoms with van der Waals surface area (Å²) in [6, 6.07) is 10.7. The maximum atomic E-state index is 13.8. The number of aliphatic hydroxyl groups is 1. The van der Waals surface area contributed by atoms with Gasteiger partial charge < -0.3 is 15.3 Å². The van der Waals surface area contributed by atoms with Gasteiger partial charge in [-0.25, -0.2) is 4.39 Å². The van der Waals surface area contributed by atoms with E-state index in [2.05, 4.69) is 9.71 Å². The van der Waals surface area contributed by atoms with Crippen LogP contribution >= 0.6 is 22.6 Å². The molecule has 176 valence electrons. The van der Waals surface area contributed by atoms with E-state index in [4.69, 9.17) is 0 Å². The molecule has 10 heteroatoms. The first-order valence-electron chi connectivity index (χ1n) is 11.1. The van der Waals surface area contributed by atoms with Gasteiger partial charge in [-0.05, 0) is 89.6 Å². The van der Waals surface area contributed by atoms with E-state index < -0.39 is 15.9 Å². The smallest absolute Gasteiger partial charge is 0.286 e. The molecule has 0 radical (unpaired) electrons. The van der Waals surface area contributed by atoms with E-state index in [1.165, 1.54) is 18.2 Å². The Balaban J connectivity index is 1.45. The lowest BCUT2D eigenvalue weighted by molar-refractivity contribution is -0.134. The number of rotatable bonds is 3. The minimum Gasteiger partial charge on any atom is -0.511 e. The van der Waals surface area contributed by atoms with Gasteiger partial charge in [0.15, 0.2) is 5.84 Å². The van der Waals surface area contributed by atoms with Crippen molar-refractivity contribution in [1.29, 1.82) is 0 Å². The number of carbonyl (C=O) groups excluding carboxylic acids is 1. The Morgan fingerprint density at radius 1 is 1.15 bits per heavy atom. The van der Waals surface area contributed by atoms with E-state index in [0.717, 1.165) is 28.4 Å². The van der Waals surface area contributed by atoms with Gasteiger partial charge in [0.25, 0.3) is 15.9 Å². The molecule has 0 aromatic heterocycles. The van der Waals surface area contributed by atoms with Gasteiger partial charge in [0.1, 0.15) is 22.0 Å². The van der Waals surface area contributed by atoms with Crippen LogP contribution < -0.4 is 5.32 Å². The van der Waals surface area contributed by atoms with Crippen LogP contribution in [0.5, 0.6) is 0 Å². The fourth-order valence-electron chi connectivity index (χ4n) is 6.08. The maximum absolute atomic E-state index is 13.8. The molecule has 2 heterocycles. The molecule has 0 saturated heterocycles. The Morgan fingerprint density at radius 2 is 1.88 bits per heavy atom. The monoisotopic (exact) mass is 593 g/mol. The summed E-state index contributed by atoms with van der Waals surface area (Å²) in [5, 5.41) is 14.3. The summed E-state index contributed by atoms with van der Waals surface area (Å²) in [7, 11) is -4.06. The van der Waals surface area contributed by atoms with Crippen molar-refractivity contribution in [2.75, 3.05) is 5.32 Å². The van der Waals surface area contributed by atoms with Gasteiger partial charge in [-0.1, -0.05) is 12.1 Å². The highest BCUT2D eigenvalue weighted by atomic mass is 127. The average Bonchev–Trinajstić information content (AvgIpc) is 3.40. The molecule has 4 atom stereocenters. The minimum atomic E-state index is -4.06. The van der Waals surface area contributed by atoms with Gasteiger partial charge in [-0.2, -0.15) is 8.42 Å². The van der Waals surface area contributed by atoms with E-state index in [9.17, 15) is 22.7 Å². The van der Waals surface area contributed by atoms with Crippen LogP contribution in [-0.2, 0) is 21.4 Å². The normalized spacial score (nSPS) is 28.9. The van der Waals surface area contributed by atoms with Crippen molar-refractivity contribution in [2.24, 2.45) is 22.2 Å². The average molecular weight is 593 g/mol. The van der Waals surface area contributed by atoms with E-state index in [1.807, 2.05) is 22.6 Å². The topological polar surface area (TPSA) is 99.1 Å². The van der Waals surface area contributed by atoms with Crippen molar-refractivity contribution in [3.8, 4) is 0 Å². The Kier molecular flexibility index (Phi) is 5.03. The molecule has 2 bridgehead atoms. The van der Waals surface area contributed by atoms with E-state index in [0.29, 0.717) is 5.69 Å². The van der Waals surface area contributed by atoms with Crippen molar-refractivity contribution in [2.45, 2.75) is 36.7 Å². The van der Waals surface area contributed by atoms with Crippen molar-refractivity contribution >= 4 is 50.0 Å². The predicted molar refractivity (Wildman–Crippen MR) is 132 cm³/mol. The van der Waals surface area contributed by atoms with E-state index in [1.54, 1.807) is 29.2 Å². The number of nitrogens with zero attached hydrogens (tertiary/aromatic N) is 2. The van der Waals surface area contributed by atoms with Gasteiger partial charge in [-0.3, -0.25) is 4.79 Å². The SMILES string of the molecule is O=C1C(C2=NS(=O)(=O)c3cc(I)ccc3N2)=C(O)C2C([C@@H]3CC[C@H]2C3)N1Cc1ccc(F)cc1. The minimum absolute atomic E-state index is 0.0347. The van der Waals surface area contributed by atoms with Gasteiger partial charge in [0, 0.05) is 22.1 Å². The van der Waals surface area contributed by atoms with Crippen LogP contribution in [0.15, 0.2) is 63.1 Å². The number of halogens is 2. The molecule has 2 aromatic carbocycles. The second kappa shape index (κ2) is 7.77. The summed E-state index contributed by atoms with van der Waals surface area (Å²) in [6.07, 6.45) is 2.86. The largest absolute Gasteiger partial charge is 0.511 e. The lowest BCUT2D eigenvalue weighted by Gasteiger charge is -2.44. The molecule has 4 aliphatic rings. The molecule has 2 aliphatic carbocycles. The number of carbonyl (C=O) groups is 1. The molecule has 2 aliphatic heterocycles. The number of nitrogens with one attached hydrogen (secondary N) is 1. The molecular formula is C24H21FIN3O4S. The van der Waals surface area contributed by atoms with E-state index in [-0.39, 0.29) is 58.2 Å². The van der Waals surface area contributed by atoms with Crippen LogP contribution in [0.3, 0.4) is 0 Å². The Labute approximate surface area is 210 Å². The predicted octanol–water partition coefficient (Wildman–Crippen LogP) is 4.21. The third kappa shape index (κ3) is 3.36. The summed E-state index contributed by atoms with van der Waals surface area (Å²) in [5.74, 6) is -0.818. The summed E-state index contributed by atoms with van der Waals surface area (Å²) in [6.45, 7) is 0.245. The second-order valence-corrected chi connectivity index (χ2v) is 12.2.